The zero-order valence-corrected chi connectivity index (χ0v) is 15.7. The number of nitrogens with zero attached hydrogens (tertiary/aromatic N) is 2. The molecular weight excluding hydrogens is 380 g/mol. The molecule has 8 heteroatoms. The normalized spacial score (nSPS) is 19.0. The van der Waals surface area contributed by atoms with E-state index < -0.39 is 0 Å². The number of imide groups is 1. The summed E-state index contributed by atoms with van der Waals surface area (Å²) in [5, 5.41) is 3.58. The van der Waals surface area contributed by atoms with Gasteiger partial charge in [0.15, 0.2) is 0 Å². The molecular formula is C20H17ClN4O3. The van der Waals surface area contributed by atoms with Gasteiger partial charge in [0.2, 0.25) is 0 Å². The molecule has 2 amide bonds. The summed E-state index contributed by atoms with van der Waals surface area (Å²) in [6, 6.07) is 4.95. The van der Waals surface area contributed by atoms with Gasteiger partial charge >= 0.3 is 0 Å². The van der Waals surface area contributed by atoms with Gasteiger partial charge in [0.05, 0.1) is 33.1 Å². The van der Waals surface area contributed by atoms with E-state index in [4.69, 9.17) is 11.6 Å². The maximum atomic E-state index is 12.9. The molecule has 1 saturated heterocycles. The molecule has 0 spiro atoms. The fourth-order valence-electron chi connectivity index (χ4n) is 4.21. The number of H-pyrrole nitrogens is 1. The molecule has 0 bridgehead atoms. The van der Waals surface area contributed by atoms with Gasteiger partial charge in [0.1, 0.15) is 0 Å². The molecule has 2 N–H and O–H groups in total. The van der Waals surface area contributed by atoms with Crippen molar-refractivity contribution < 1.29 is 9.59 Å². The zero-order chi connectivity index (χ0) is 19.4. The number of carbonyl (C=O) groups is 2. The van der Waals surface area contributed by atoms with Crippen molar-refractivity contribution in [3.8, 4) is 0 Å². The Labute approximate surface area is 165 Å². The molecule has 3 aliphatic heterocycles. The van der Waals surface area contributed by atoms with Crippen LogP contribution in [0.2, 0.25) is 5.02 Å². The molecule has 5 rings (SSSR count). The van der Waals surface area contributed by atoms with E-state index in [1.165, 1.54) is 11.1 Å². The third-order valence-corrected chi connectivity index (χ3v) is 5.92. The number of fused-ring (bicyclic) bond motifs is 2. The molecule has 2 aromatic rings. The molecule has 142 valence electrons. The largest absolute Gasteiger partial charge is 0.328 e. The molecule has 3 aliphatic rings. The molecule has 0 aliphatic carbocycles. The van der Waals surface area contributed by atoms with Gasteiger partial charge < -0.3 is 10.3 Å². The minimum absolute atomic E-state index is 0.0655. The van der Waals surface area contributed by atoms with Crippen molar-refractivity contribution in [1.82, 2.24) is 15.2 Å². The standard InChI is InChI=1S/C20H17ClN4O3/c21-14-3-6-23-18(26)17(14)16-8-10-7-12-13(9-15(10)24-16)20(28)25(19(12)27)11-1-4-22-5-2-11/h3,6-7,9,11,22H,1-2,4-5,8H2,(H,23,26). The van der Waals surface area contributed by atoms with Crippen molar-refractivity contribution in [2.75, 3.05) is 13.1 Å². The van der Waals surface area contributed by atoms with Crippen molar-refractivity contribution in [2.24, 2.45) is 4.99 Å². The predicted molar refractivity (Wildman–Crippen MR) is 105 cm³/mol. The van der Waals surface area contributed by atoms with Crippen LogP contribution in [0.25, 0.3) is 0 Å². The van der Waals surface area contributed by atoms with E-state index in [9.17, 15) is 14.4 Å². The van der Waals surface area contributed by atoms with Gasteiger partial charge in [0, 0.05) is 18.7 Å². The van der Waals surface area contributed by atoms with Gasteiger partial charge in [-0.1, -0.05) is 11.6 Å². The summed E-state index contributed by atoms with van der Waals surface area (Å²) in [6.45, 7) is 1.60. The monoisotopic (exact) mass is 396 g/mol. The molecule has 7 nitrogen and oxygen atoms in total. The minimum atomic E-state index is -0.309. The quantitative estimate of drug-likeness (QED) is 0.759. The number of benzene rings is 1. The summed E-state index contributed by atoms with van der Waals surface area (Å²) in [4.78, 5) is 46.6. The number of amides is 2. The van der Waals surface area contributed by atoms with Crippen LogP contribution in [0.15, 0.2) is 34.2 Å². The number of aliphatic imine (C=N–C) groups is 1. The lowest BCUT2D eigenvalue weighted by atomic mass is 10.0. The molecule has 0 atom stereocenters. The summed E-state index contributed by atoms with van der Waals surface area (Å²) >= 11 is 6.18. The molecule has 28 heavy (non-hydrogen) atoms. The Morgan fingerprint density at radius 1 is 1.07 bits per heavy atom. The molecule has 0 unspecified atom stereocenters. The van der Waals surface area contributed by atoms with E-state index in [1.807, 2.05) is 0 Å². The molecule has 0 radical (unpaired) electrons. The SMILES string of the molecule is O=C1c2cc3c(cc2C(=O)N1C1CCNCC1)N=C(c1c(Cl)cc[nH]c1=O)C3. The Bertz CT molecular complexity index is 1110. The number of rotatable bonds is 2. The fourth-order valence-corrected chi connectivity index (χ4v) is 4.47. The van der Waals surface area contributed by atoms with E-state index >= 15 is 0 Å². The van der Waals surface area contributed by atoms with Crippen molar-refractivity contribution in [2.45, 2.75) is 25.3 Å². The second kappa shape index (κ2) is 6.39. The van der Waals surface area contributed by atoms with E-state index in [-0.39, 0.29) is 23.4 Å². The topological polar surface area (TPSA) is 94.6 Å². The number of pyridine rings is 1. The number of aromatic nitrogens is 1. The van der Waals surface area contributed by atoms with Crippen LogP contribution in [0.3, 0.4) is 0 Å². The number of aromatic amines is 1. The van der Waals surface area contributed by atoms with Crippen LogP contribution in [0.4, 0.5) is 5.69 Å². The lowest BCUT2D eigenvalue weighted by Crippen LogP contribution is -2.45. The minimum Gasteiger partial charge on any atom is -0.328 e. The van der Waals surface area contributed by atoms with Gasteiger partial charge in [-0.05, 0) is 49.7 Å². The average molecular weight is 397 g/mol. The third kappa shape index (κ3) is 2.54. The molecule has 1 aromatic heterocycles. The van der Waals surface area contributed by atoms with Crippen molar-refractivity contribution in [3.63, 3.8) is 0 Å². The summed E-state index contributed by atoms with van der Waals surface area (Å²) in [5.74, 6) is -0.493. The summed E-state index contributed by atoms with van der Waals surface area (Å²) in [5.41, 5.74) is 2.81. The zero-order valence-electron chi connectivity index (χ0n) is 14.9. The first-order valence-corrected chi connectivity index (χ1v) is 9.63. The summed E-state index contributed by atoms with van der Waals surface area (Å²) in [6.07, 6.45) is 3.41. The number of hydrogen-bond acceptors (Lipinski definition) is 5. The summed E-state index contributed by atoms with van der Waals surface area (Å²) < 4.78 is 0. The number of hydrogen-bond donors (Lipinski definition) is 2. The second-order valence-corrected chi connectivity index (χ2v) is 7.66. The fraction of sp³-hybridized carbons (Fsp3) is 0.300. The van der Waals surface area contributed by atoms with Crippen LogP contribution < -0.4 is 10.9 Å². The van der Waals surface area contributed by atoms with Gasteiger partial charge in [-0.2, -0.15) is 0 Å². The molecule has 4 heterocycles. The Balaban J connectivity index is 1.52. The highest BCUT2D eigenvalue weighted by Crippen LogP contribution is 2.36. The van der Waals surface area contributed by atoms with Crippen LogP contribution in [0, 0.1) is 0 Å². The lowest BCUT2D eigenvalue weighted by molar-refractivity contribution is 0.0556. The highest BCUT2D eigenvalue weighted by Gasteiger charge is 2.41. The smallest absolute Gasteiger partial charge is 0.261 e. The predicted octanol–water partition coefficient (Wildman–Crippen LogP) is 2.05. The van der Waals surface area contributed by atoms with Gasteiger partial charge in [-0.15, -0.1) is 0 Å². The van der Waals surface area contributed by atoms with Crippen LogP contribution in [0.1, 0.15) is 44.7 Å². The first-order valence-electron chi connectivity index (χ1n) is 9.25. The Hall–Kier alpha value is -2.77. The Morgan fingerprint density at radius 3 is 2.50 bits per heavy atom. The van der Waals surface area contributed by atoms with Gasteiger partial charge in [0.25, 0.3) is 17.4 Å². The van der Waals surface area contributed by atoms with E-state index in [0.717, 1.165) is 31.5 Å². The first kappa shape index (κ1) is 17.3. The van der Waals surface area contributed by atoms with Crippen LogP contribution in [0.5, 0.6) is 0 Å². The van der Waals surface area contributed by atoms with Crippen LogP contribution in [-0.4, -0.2) is 46.5 Å². The molecule has 0 saturated carbocycles. The Morgan fingerprint density at radius 2 is 1.79 bits per heavy atom. The Kier molecular flexibility index (Phi) is 3.96. The van der Waals surface area contributed by atoms with Crippen LogP contribution in [-0.2, 0) is 6.42 Å². The number of nitrogens with one attached hydrogen (secondary N) is 2. The van der Waals surface area contributed by atoms with Crippen molar-refractivity contribution in [3.05, 3.63) is 62.0 Å². The van der Waals surface area contributed by atoms with Gasteiger partial charge in [-0.3, -0.25) is 24.3 Å². The second-order valence-electron chi connectivity index (χ2n) is 7.25. The first-order chi connectivity index (χ1) is 13.5. The highest BCUT2D eigenvalue weighted by atomic mass is 35.5. The van der Waals surface area contributed by atoms with Crippen LogP contribution >= 0.6 is 11.6 Å². The van der Waals surface area contributed by atoms with Crippen molar-refractivity contribution in [1.29, 1.82) is 0 Å². The van der Waals surface area contributed by atoms with E-state index in [0.29, 0.717) is 39.5 Å². The molecule has 1 fully saturated rings. The summed E-state index contributed by atoms with van der Waals surface area (Å²) in [7, 11) is 0. The van der Waals surface area contributed by atoms with E-state index in [2.05, 4.69) is 15.3 Å². The maximum absolute atomic E-state index is 12.9. The average Bonchev–Trinajstić information content (AvgIpc) is 3.19. The number of halogens is 1. The number of piperidine rings is 1. The third-order valence-electron chi connectivity index (χ3n) is 5.60. The molecule has 1 aromatic carbocycles. The lowest BCUT2D eigenvalue weighted by Gasteiger charge is -2.29. The number of carbonyl (C=O) groups excluding carboxylic acids is 2. The van der Waals surface area contributed by atoms with Gasteiger partial charge in [-0.25, -0.2) is 0 Å². The van der Waals surface area contributed by atoms with Crippen molar-refractivity contribution >= 4 is 34.8 Å². The maximum Gasteiger partial charge on any atom is 0.261 e. The van der Waals surface area contributed by atoms with E-state index in [1.54, 1.807) is 18.2 Å². The highest BCUT2D eigenvalue weighted by molar-refractivity contribution is 6.34.